The first-order chi connectivity index (χ1) is 9.54. The van der Waals surface area contributed by atoms with Crippen LogP contribution >= 0.6 is 15.9 Å². The predicted molar refractivity (Wildman–Crippen MR) is 84.1 cm³/mol. The molecule has 107 valence electrons. The molecule has 0 aliphatic rings. The van der Waals surface area contributed by atoms with E-state index in [2.05, 4.69) is 28.6 Å². The van der Waals surface area contributed by atoms with E-state index in [-0.39, 0.29) is 38.3 Å². The first-order valence-electron chi connectivity index (χ1n) is 6.16. The topological polar surface area (TPSA) is 31.2 Å². The Balaban J connectivity index is 0.00000220. The summed E-state index contributed by atoms with van der Waals surface area (Å²) in [5.74, 6) is 0.785. The minimum atomic E-state index is -0.0786. The van der Waals surface area contributed by atoms with Crippen LogP contribution in [0.25, 0.3) is 11.3 Å². The molecule has 0 amide bonds. The standard InChI is InChI=1S/C16H15BrNO2.Y/c1-4-9-20-12-5-6-13(11(2)10-12)15-8-7-14(17)16(19)18(15)3;/h4-7,10H,1,9H2,2-3H3;/q-1;. The molecule has 0 fully saturated rings. The minimum Gasteiger partial charge on any atom is -0.490 e. The van der Waals surface area contributed by atoms with Gasteiger partial charge in [0.05, 0.1) is 0 Å². The van der Waals surface area contributed by atoms with Crippen molar-refractivity contribution in [3.63, 3.8) is 0 Å². The van der Waals surface area contributed by atoms with Gasteiger partial charge < -0.3 is 9.30 Å². The SMILES string of the molecule is C=CCOc1ccc(-c2[c-]cc(Br)c(=O)n2C)c(C)c1.[Y]. The number of rotatable bonds is 4. The van der Waals surface area contributed by atoms with E-state index < -0.39 is 0 Å². The fraction of sp³-hybridized carbons (Fsp3) is 0.188. The van der Waals surface area contributed by atoms with Gasteiger partial charge in [0.1, 0.15) is 12.4 Å². The summed E-state index contributed by atoms with van der Waals surface area (Å²) in [7, 11) is 1.74. The molecule has 5 heteroatoms. The van der Waals surface area contributed by atoms with Crippen molar-refractivity contribution in [2.45, 2.75) is 6.92 Å². The van der Waals surface area contributed by atoms with E-state index >= 15 is 0 Å². The Kier molecular flexibility index (Phi) is 7.05. The van der Waals surface area contributed by atoms with Gasteiger partial charge in [0, 0.05) is 39.8 Å². The second-order valence-corrected chi connectivity index (χ2v) is 5.28. The average Bonchev–Trinajstić information content (AvgIpc) is 2.44. The Hall–Kier alpha value is -0.706. The number of aromatic nitrogens is 1. The van der Waals surface area contributed by atoms with Crippen molar-refractivity contribution in [1.82, 2.24) is 4.57 Å². The third kappa shape index (κ3) is 4.15. The van der Waals surface area contributed by atoms with Crippen LogP contribution in [0, 0.1) is 13.0 Å². The van der Waals surface area contributed by atoms with Gasteiger partial charge in [-0.3, -0.25) is 4.79 Å². The van der Waals surface area contributed by atoms with Crippen molar-refractivity contribution in [2.24, 2.45) is 7.05 Å². The predicted octanol–water partition coefficient (Wildman–Crippen LogP) is 3.49. The second-order valence-electron chi connectivity index (χ2n) is 4.43. The number of aryl methyl sites for hydroxylation is 1. The van der Waals surface area contributed by atoms with Crippen molar-refractivity contribution in [3.8, 4) is 17.0 Å². The number of nitrogens with zero attached hydrogens (tertiary/aromatic N) is 1. The Morgan fingerprint density at radius 2 is 2.19 bits per heavy atom. The third-order valence-corrected chi connectivity index (χ3v) is 3.57. The number of pyridine rings is 1. The van der Waals surface area contributed by atoms with E-state index in [0.29, 0.717) is 11.1 Å². The Morgan fingerprint density at radius 1 is 1.48 bits per heavy atom. The number of hydrogen-bond donors (Lipinski definition) is 0. The number of benzene rings is 1. The molecule has 0 atom stereocenters. The van der Waals surface area contributed by atoms with Crippen LogP contribution in [-0.4, -0.2) is 11.2 Å². The van der Waals surface area contributed by atoms with Gasteiger partial charge in [0.15, 0.2) is 0 Å². The maximum Gasteiger partial charge on any atom is 0.208 e. The Labute approximate surface area is 158 Å². The van der Waals surface area contributed by atoms with E-state index in [1.165, 1.54) is 0 Å². The molecule has 21 heavy (non-hydrogen) atoms. The van der Waals surface area contributed by atoms with Gasteiger partial charge in [-0.25, -0.2) is 0 Å². The minimum absolute atomic E-state index is 0. The van der Waals surface area contributed by atoms with E-state index in [1.54, 1.807) is 23.8 Å². The molecular formula is C16H15BrNO2Y-. The van der Waals surface area contributed by atoms with Crippen LogP contribution in [0.2, 0.25) is 0 Å². The monoisotopic (exact) mass is 421 g/mol. The summed E-state index contributed by atoms with van der Waals surface area (Å²) in [6.07, 6.45) is 1.70. The molecule has 1 heterocycles. The van der Waals surface area contributed by atoms with E-state index in [1.807, 2.05) is 25.1 Å². The summed E-state index contributed by atoms with van der Waals surface area (Å²) in [5, 5.41) is 0. The van der Waals surface area contributed by atoms with Gasteiger partial charge in [-0.15, -0.1) is 22.0 Å². The van der Waals surface area contributed by atoms with Crippen LogP contribution < -0.4 is 10.3 Å². The first kappa shape index (κ1) is 18.3. The summed E-state index contributed by atoms with van der Waals surface area (Å²) >= 11 is 3.22. The van der Waals surface area contributed by atoms with Crippen LogP contribution in [0.5, 0.6) is 5.75 Å². The molecule has 0 aliphatic heterocycles. The number of ether oxygens (including phenoxy) is 1. The van der Waals surface area contributed by atoms with Crippen LogP contribution in [0.3, 0.4) is 0 Å². The summed E-state index contributed by atoms with van der Waals surface area (Å²) in [5.41, 5.74) is 2.67. The number of halogens is 1. The molecule has 0 unspecified atom stereocenters. The summed E-state index contributed by atoms with van der Waals surface area (Å²) in [6.45, 7) is 6.08. The van der Waals surface area contributed by atoms with Crippen molar-refractivity contribution in [3.05, 3.63) is 63.4 Å². The fourth-order valence-corrected chi connectivity index (χ4v) is 2.34. The van der Waals surface area contributed by atoms with Crippen molar-refractivity contribution in [2.75, 3.05) is 6.61 Å². The molecule has 0 aliphatic carbocycles. The van der Waals surface area contributed by atoms with Gasteiger partial charge >= 0.3 is 0 Å². The molecule has 0 saturated heterocycles. The molecule has 0 N–H and O–H groups in total. The smallest absolute Gasteiger partial charge is 0.208 e. The molecular weight excluding hydrogens is 407 g/mol. The number of hydrogen-bond acceptors (Lipinski definition) is 2. The van der Waals surface area contributed by atoms with E-state index in [0.717, 1.165) is 22.6 Å². The first-order valence-corrected chi connectivity index (χ1v) is 6.96. The maximum atomic E-state index is 11.9. The average molecular weight is 422 g/mol. The molecule has 2 aromatic rings. The molecule has 1 aromatic carbocycles. The van der Waals surface area contributed by atoms with Gasteiger partial charge in [-0.1, -0.05) is 36.4 Å². The zero-order valence-electron chi connectivity index (χ0n) is 12.0. The summed E-state index contributed by atoms with van der Waals surface area (Å²) in [4.78, 5) is 11.9. The van der Waals surface area contributed by atoms with Gasteiger partial charge in [-0.05, 0) is 16.6 Å². The zero-order chi connectivity index (χ0) is 14.7. The van der Waals surface area contributed by atoms with Crippen molar-refractivity contribution in [1.29, 1.82) is 0 Å². The van der Waals surface area contributed by atoms with Gasteiger partial charge in [0.25, 0.3) is 0 Å². The van der Waals surface area contributed by atoms with E-state index in [9.17, 15) is 4.79 Å². The second kappa shape index (κ2) is 8.07. The van der Waals surface area contributed by atoms with E-state index in [4.69, 9.17) is 4.74 Å². The normalized spacial score (nSPS) is 9.86. The molecule has 2 rings (SSSR count). The Morgan fingerprint density at radius 3 is 2.81 bits per heavy atom. The van der Waals surface area contributed by atoms with Crippen LogP contribution in [-0.2, 0) is 39.8 Å². The summed E-state index contributed by atoms with van der Waals surface area (Å²) < 4.78 is 7.58. The summed E-state index contributed by atoms with van der Waals surface area (Å²) in [6, 6.07) is 10.5. The van der Waals surface area contributed by atoms with Crippen LogP contribution in [0.4, 0.5) is 0 Å². The maximum absolute atomic E-state index is 11.9. The zero-order valence-corrected chi connectivity index (χ0v) is 16.4. The molecule has 1 radical (unpaired) electrons. The third-order valence-electron chi connectivity index (χ3n) is 3.00. The molecule has 0 bridgehead atoms. The van der Waals surface area contributed by atoms with Gasteiger partial charge in [0.2, 0.25) is 5.56 Å². The molecule has 3 nitrogen and oxygen atoms in total. The largest absolute Gasteiger partial charge is 0.490 e. The van der Waals surface area contributed by atoms with Crippen molar-refractivity contribution >= 4 is 15.9 Å². The van der Waals surface area contributed by atoms with Crippen LogP contribution in [0.15, 0.2) is 46.2 Å². The van der Waals surface area contributed by atoms with Gasteiger partial charge in [-0.2, -0.15) is 12.1 Å². The molecule has 0 saturated carbocycles. The van der Waals surface area contributed by atoms with Crippen molar-refractivity contribution < 1.29 is 37.4 Å². The fourth-order valence-electron chi connectivity index (χ4n) is 1.96. The molecule has 1 aromatic heterocycles. The Bertz CT molecular complexity index is 710. The quantitative estimate of drug-likeness (QED) is 0.559. The molecule has 0 spiro atoms. The van der Waals surface area contributed by atoms with Crippen LogP contribution in [0.1, 0.15) is 5.56 Å².